The Morgan fingerprint density at radius 2 is 1.60 bits per heavy atom. The van der Waals surface area contributed by atoms with Crippen molar-refractivity contribution < 1.29 is 53.1 Å². The normalized spacial score (nSPS) is 27.3. The van der Waals surface area contributed by atoms with Crippen molar-refractivity contribution in [2.45, 2.75) is 154 Å². The average Bonchev–Trinajstić information content (AvgIpc) is 3.61. The first kappa shape index (κ1) is 48.3. The van der Waals surface area contributed by atoms with Gasteiger partial charge in [-0.1, -0.05) is 89.1 Å². The molecule has 0 bridgehead atoms. The molecular formula is C50H70N2O11. The number of likely N-dealkylation sites (tertiary alicyclic amines) is 1. The first-order valence-corrected chi connectivity index (χ1v) is 23.4. The summed E-state index contributed by atoms with van der Waals surface area (Å²) in [6.07, 6.45) is 4.98. The first-order valence-electron chi connectivity index (χ1n) is 23.4. The van der Waals surface area contributed by atoms with Crippen LogP contribution in [0.1, 0.15) is 135 Å². The van der Waals surface area contributed by atoms with E-state index in [1.54, 1.807) is 6.92 Å². The van der Waals surface area contributed by atoms with E-state index < -0.39 is 53.9 Å². The molecule has 4 aliphatic rings. The number of carbonyl (C=O) groups excluding carboxylic acids is 5. The third kappa shape index (κ3) is 11.8. The van der Waals surface area contributed by atoms with Gasteiger partial charge in [0, 0.05) is 45.4 Å². The van der Waals surface area contributed by atoms with Gasteiger partial charge >= 0.3 is 12.1 Å². The summed E-state index contributed by atoms with van der Waals surface area (Å²) in [6, 6.07) is 15.3. The molecular weight excluding hydrogens is 805 g/mol. The fraction of sp³-hybridized carbons (Fsp3) is 0.660. The molecule has 63 heavy (non-hydrogen) atoms. The van der Waals surface area contributed by atoms with Crippen LogP contribution in [0.25, 0.3) is 11.1 Å². The van der Waals surface area contributed by atoms with Crippen LogP contribution in [0.3, 0.4) is 0 Å². The van der Waals surface area contributed by atoms with Crippen molar-refractivity contribution in [2.75, 3.05) is 26.8 Å². The highest BCUT2D eigenvalue weighted by Gasteiger charge is 2.51. The quantitative estimate of drug-likeness (QED) is 0.0346. The topological polar surface area (TPSA) is 167 Å². The Morgan fingerprint density at radius 3 is 2.27 bits per heavy atom. The monoisotopic (exact) mass is 874 g/mol. The number of esters is 1. The van der Waals surface area contributed by atoms with Crippen LogP contribution in [-0.2, 0) is 43.0 Å². The van der Waals surface area contributed by atoms with E-state index in [2.05, 4.69) is 48.3 Å². The number of methoxy groups -OCH3 is 1. The number of Topliss-reactive ketones (excluding diaryl/α,β-unsaturated/α-hetero) is 2. The van der Waals surface area contributed by atoms with E-state index in [9.17, 15) is 29.2 Å². The van der Waals surface area contributed by atoms with Crippen molar-refractivity contribution in [3.63, 3.8) is 0 Å². The number of nitrogens with zero attached hydrogens (tertiary/aromatic N) is 1. The minimum atomic E-state index is -1.46. The number of rotatable bonds is 19. The lowest BCUT2D eigenvalue weighted by Crippen LogP contribution is -2.59. The van der Waals surface area contributed by atoms with Crippen LogP contribution in [0.5, 0.6) is 0 Å². The standard InChI is InChI=1S/C50H70N2O11/c1-31-20-22-35(26-32(31)2)27-33(3)44(28-36(53)14-13-24-51-49(57)60-30-42-40-17-9-7-15-38(40)39-16-8-10-18-41(39)42)61-48(56)43-19-11-12-25-52(43)47(55)46(54)50(5)34(4)21-23-37(62-50)29-45(59-6)63-58/h7-10,15-18,31-35,37,42-45,58H,11-14,19-30H2,1-6H3,(H,51,57)/t31-,32-,33-,34-,35-,37+,43+,44+,45-,50-/m1/s1. The molecule has 6 rings (SSSR count). The summed E-state index contributed by atoms with van der Waals surface area (Å²) >= 11 is 0. The number of hydrogen-bond donors (Lipinski definition) is 2. The van der Waals surface area contributed by atoms with E-state index >= 15 is 0 Å². The summed E-state index contributed by atoms with van der Waals surface area (Å²) in [5.74, 6) is -0.993. The molecule has 2 heterocycles. The van der Waals surface area contributed by atoms with Crippen LogP contribution in [0.4, 0.5) is 4.79 Å². The van der Waals surface area contributed by atoms with Crippen molar-refractivity contribution in [1.29, 1.82) is 0 Å². The zero-order valence-corrected chi connectivity index (χ0v) is 38.2. The number of nitrogens with one attached hydrogen (secondary N) is 1. The van der Waals surface area contributed by atoms with Crippen molar-refractivity contribution in [3.05, 3.63) is 59.7 Å². The Labute approximate surface area is 373 Å². The van der Waals surface area contributed by atoms with Gasteiger partial charge in [-0.2, -0.15) is 0 Å². The average molecular weight is 875 g/mol. The number of amides is 2. The van der Waals surface area contributed by atoms with Crippen molar-refractivity contribution in [2.24, 2.45) is 29.6 Å². The van der Waals surface area contributed by atoms with Gasteiger partial charge in [0.25, 0.3) is 11.7 Å². The molecule has 2 aromatic rings. The van der Waals surface area contributed by atoms with Crippen LogP contribution in [0, 0.1) is 29.6 Å². The minimum absolute atomic E-state index is 0.0148. The van der Waals surface area contributed by atoms with Crippen LogP contribution < -0.4 is 5.32 Å². The van der Waals surface area contributed by atoms with Crippen LogP contribution >= 0.6 is 0 Å². The lowest BCUT2D eigenvalue weighted by molar-refractivity contribution is -0.348. The van der Waals surface area contributed by atoms with Gasteiger partial charge in [-0.05, 0) is 110 Å². The van der Waals surface area contributed by atoms with Crippen molar-refractivity contribution in [3.8, 4) is 11.1 Å². The third-order valence-corrected chi connectivity index (χ3v) is 14.8. The summed E-state index contributed by atoms with van der Waals surface area (Å²) in [7, 11) is 1.39. The molecule has 0 radical (unpaired) electrons. The molecule has 1 saturated carbocycles. The predicted octanol–water partition coefficient (Wildman–Crippen LogP) is 8.65. The number of ketones is 2. The maximum Gasteiger partial charge on any atom is 0.407 e. The number of carbonyl (C=O) groups is 5. The van der Waals surface area contributed by atoms with Gasteiger partial charge < -0.3 is 29.2 Å². The Hall–Kier alpha value is -4.17. The van der Waals surface area contributed by atoms with Crippen LogP contribution in [0.15, 0.2) is 48.5 Å². The summed E-state index contributed by atoms with van der Waals surface area (Å²) in [6.45, 7) is 10.8. The zero-order valence-electron chi connectivity index (χ0n) is 38.2. The second-order valence-corrected chi connectivity index (χ2v) is 19.1. The van der Waals surface area contributed by atoms with Gasteiger partial charge in [0.2, 0.25) is 0 Å². The van der Waals surface area contributed by atoms with Gasteiger partial charge in [0.1, 0.15) is 30.1 Å². The van der Waals surface area contributed by atoms with Crippen molar-refractivity contribution >= 4 is 29.5 Å². The largest absolute Gasteiger partial charge is 0.460 e. The molecule has 0 spiro atoms. The number of fused-ring (bicyclic) bond motifs is 3. The van der Waals surface area contributed by atoms with E-state index in [-0.39, 0.29) is 62.5 Å². The smallest absolute Gasteiger partial charge is 0.407 e. The van der Waals surface area contributed by atoms with Crippen molar-refractivity contribution in [1.82, 2.24) is 10.2 Å². The first-order chi connectivity index (χ1) is 30.2. The van der Waals surface area contributed by atoms with E-state index in [0.717, 1.165) is 47.9 Å². The Morgan fingerprint density at radius 1 is 0.905 bits per heavy atom. The molecule has 13 heteroatoms. The second-order valence-electron chi connectivity index (χ2n) is 19.1. The van der Waals surface area contributed by atoms with Gasteiger partial charge in [0.15, 0.2) is 6.29 Å². The van der Waals surface area contributed by atoms with Gasteiger partial charge in [0.05, 0.1) is 6.10 Å². The molecule has 346 valence electrons. The molecule has 2 N–H and O–H groups in total. The molecule has 13 nitrogen and oxygen atoms in total. The minimum Gasteiger partial charge on any atom is -0.460 e. The Kier molecular flexibility index (Phi) is 17.0. The van der Waals surface area contributed by atoms with E-state index in [1.165, 1.54) is 12.0 Å². The highest BCUT2D eigenvalue weighted by molar-refractivity contribution is 6.39. The SMILES string of the molecule is CO[C@@H](C[C@@H]1CC[C@@H](C)[C@](C)(C(=O)C(=O)N2CCCC[C@H]2C(=O)O[C@@H](CC(=O)CCCNC(=O)OCC2c3ccccc3-c3ccccc32)[C@H](C)C[C@@H]2CC[C@@H](C)[C@H](C)C2)O1)OO. The molecule has 0 unspecified atom stereocenters. The van der Waals surface area contributed by atoms with E-state index in [0.29, 0.717) is 56.3 Å². The highest BCUT2D eigenvalue weighted by atomic mass is 17.1. The maximum atomic E-state index is 14.2. The fourth-order valence-corrected chi connectivity index (χ4v) is 10.4. The molecule has 2 saturated heterocycles. The molecule has 0 aromatic heterocycles. The Bertz CT molecular complexity index is 1850. The van der Waals surface area contributed by atoms with Gasteiger partial charge in [-0.25, -0.2) is 19.7 Å². The number of hydrogen-bond acceptors (Lipinski definition) is 11. The number of ether oxygens (including phenoxy) is 4. The molecule has 3 fully saturated rings. The van der Waals surface area contributed by atoms with Gasteiger partial charge in [-0.3, -0.25) is 14.4 Å². The lowest BCUT2D eigenvalue weighted by atomic mass is 9.72. The lowest BCUT2D eigenvalue weighted by Gasteiger charge is -2.44. The van der Waals surface area contributed by atoms with Crippen LogP contribution in [0.2, 0.25) is 0 Å². The number of piperidine rings is 1. The highest BCUT2D eigenvalue weighted by Crippen LogP contribution is 2.45. The van der Waals surface area contributed by atoms with E-state index in [1.807, 2.05) is 38.1 Å². The van der Waals surface area contributed by atoms with E-state index in [4.69, 9.17) is 18.9 Å². The third-order valence-electron chi connectivity index (χ3n) is 14.8. The molecule has 2 aliphatic carbocycles. The second kappa shape index (κ2) is 22.1. The predicted molar refractivity (Wildman–Crippen MR) is 236 cm³/mol. The fourth-order valence-electron chi connectivity index (χ4n) is 10.4. The molecule has 2 aliphatic heterocycles. The molecule has 10 atom stereocenters. The Balaban J connectivity index is 1.05. The zero-order chi connectivity index (χ0) is 45.3. The summed E-state index contributed by atoms with van der Waals surface area (Å²) < 4.78 is 23.4. The maximum absolute atomic E-state index is 14.2. The molecule has 2 amide bonds. The number of benzene rings is 2. The van der Waals surface area contributed by atoms with Crippen LogP contribution in [-0.4, -0.2) is 96.6 Å². The molecule has 2 aromatic carbocycles. The summed E-state index contributed by atoms with van der Waals surface area (Å²) in [4.78, 5) is 74.6. The summed E-state index contributed by atoms with van der Waals surface area (Å²) in [5, 5.41) is 12.0. The number of alkyl carbamates (subject to hydrolysis) is 1. The van der Waals surface area contributed by atoms with Gasteiger partial charge in [-0.15, -0.1) is 0 Å². The summed E-state index contributed by atoms with van der Waals surface area (Å²) in [5.41, 5.74) is 3.10.